The highest BCUT2D eigenvalue weighted by Gasteiger charge is 2.43. The van der Waals surface area contributed by atoms with Gasteiger partial charge in [0.15, 0.2) is 0 Å². The molecule has 108 valence electrons. The van der Waals surface area contributed by atoms with E-state index in [0.717, 1.165) is 0 Å². The van der Waals surface area contributed by atoms with Crippen LogP contribution in [0.25, 0.3) is 0 Å². The third kappa shape index (κ3) is 4.62. The zero-order valence-electron chi connectivity index (χ0n) is 10.1. The van der Waals surface area contributed by atoms with Gasteiger partial charge in [0.25, 0.3) is 0 Å². The van der Waals surface area contributed by atoms with Crippen molar-refractivity contribution in [2.75, 3.05) is 26.8 Å². The fourth-order valence-electron chi connectivity index (χ4n) is 1.93. The van der Waals surface area contributed by atoms with E-state index in [1.807, 2.05) is 0 Å². The lowest BCUT2D eigenvalue weighted by atomic mass is 9.97. The van der Waals surface area contributed by atoms with E-state index in [-0.39, 0.29) is 32.0 Å². The van der Waals surface area contributed by atoms with E-state index in [2.05, 4.69) is 0 Å². The minimum absolute atomic E-state index is 0. The lowest BCUT2D eigenvalue weighted by molar-refractivity contribution is -0.188. The Balaban J connectivity index is 0.00000289. The second kappa shape index (κ2) is 7.16. The SMILES string of the molecule is COCC(N)C(=O)N1CCCC(C(F)(F)F)C1.Cl. The Morgan fingerprint density at radius 1 is 1.56 bits per heavy atom. The lowest BCUT2D eigenvalue weighted by Crippen LogP contribution is -2.51. The number of likely N-dealkylation sites (tertiary alicyclic amines) is 1. The molecule has 1 fully saturated rings. The summed E-state index contributed by atoms with van der Waals surface area (Å²) in [6, 6.07) is -0.882. The highest BCUT2D eigenvalue weighted by Crippen LogP contribution is 2.33. The van der Waals surface area contributed by atoms with Crippen LogP contribution in [0.3, 0.4) is 0 Å². The predicted octanol–water partition coefficient (Wildman–Crippen LogP) is 1.18. The molecule has 1 aliphatic rings. The standard InChI is InChI=1S/C10H17F3N2O2.ClH/c1-17-6-8(14)9(16)15-4-2-3-7(5-15)10(11,12)13;/h7-8H,2-6,14H2,1H3;1H. The van der Waals surface area contributed by atoms with Crippen molar-refractivity contribution < 1.29 is 22.7 Å². The molecule has 0 spiro atoms. The first-order chi connectivity index (χ1) is 7.86. The predicted molar refractivity (Wildman–Crippen MR) is 62.5 cm³/mol. The van der Waals surface area contributed by atoms with Crippen LogP contribution >= 0.6 is 12.4 Å². The molecule has 8 heteroatoms. The summed E-state index contributed by atoms with van der Waals surface area (Å²) in [5.41, 5.74) is 5.52. The lowest BCUT2D eigenvalue weighted by Gasteiger charge is -2.34. The number of hydrogen-bond acceptors (Lipinski definition) is 3. The molecule has 0 aromatic heterocycles. The average molecular weight is 291 g/mol. The highest BCUT2D eigenvalue weighted by atomic mass is 35.5. The van der Waals surface area contributed by atoms with Crippen LogP contribution in [-0.2, 0) is 9.53 Å². The fraction of sp³-hybridized carbons (Fsp3) is 0.900. The first-order valence-corrected chi connectivity index (χ1v) is 5.46. The molecular weight excluding hydrogens is 273 g/mol. The number of piperidine rings is 1. The summed E-state index contributed by atoms with van der Waals surface area (Å²) >= 11 is 0. The normalized spacial score (nSPS) is 22.3. The van der Waals surface area contributed by atoms with E-state index in [1.165, 1.54) is 12.0 Å². The molecule has 1 rings (SSSR count). The van der Waals surface area contributed by atoms with Gasteiger partial charge >= 0.3 is 6.18 Å². The van der Waals surface area contributed by atoms with Crippen molar-refractivity contribution in [3.8, 4) is 0 Å². The van der Waals surface area contributed by atoms with Crippen LogP contribution in [0.15, 0.2) is 0 Å². The van der Waals surface area contributed by atoms with Crippen LogP contribution in [0.1, 0.15) is 12.8 Å². The molecule has 2 N–H and O–H groups in total. The van der Waals surface area contributed by atoms with Crippen molar-refractivity contribution in [3.05, 3.63) is 0 Å². The first kappa shape index (κ1) is 17.5. The second-order valence-electron chi connectivity index (χ2n) is 4.23. The van der Waals surface area contributed by atoms with Gasteiger partial charge in [0.05, 0.1) is 12.5 Å². The molecule has 1 amide bonds. The van der Waals surface area contributed by atoms with E-state index >= 15 is 0 Å². The minimum atomic E-state index is -4.25. The number of carbonyl (C=O) groups excluding carboxylic acids is 1. The van der Waals surface area contributed by atoms with Crippen molar-refractivity contribution in [1.29, 1.82) is 0 Å². The number of alkyl halides is 3. The minimum Gasteiger partial charge on any atom is -0.383 e. The number of rotatable bonds is 3. The Morgan fingerprint density at radius 3 is 2.67 bits per heavy atom. The van der Waals surface area contributed by atoms with Crippen LogP contribution in [0, 0.1) is 5.92 Å². The van der Waals surface area contributed by atoms with Crippen molar-refractivity contribution in [2.45, 2.75) is 25.1 Å². The third-order valence-electron chi connectivity index (χ3n) is 2.86. The van der Waals surface area contributed by atoms with Gasteiger partial charge in [0.1, 0.15) is 6.04 Å². The average Bonchev–Trinajstić information content (AvgIpc) is 2.27. The number of hydrogen-bond donors (Lipinski definition) is 1. The molecule has 1 heterocycles. The Morgan fingerprint density at radius 2 is 2.17 bits per heavy atom. The van der Waals surface area contributed by atoms with Gasteiger partial charge in [-0.15, -0.1) is 12.4 Å². The summed E-state index contributed by atoms with van der Waals surface area (Å²) in [4.78, 5) is 12.9. The monoisotopic (exact) mass is 290 g/mol. The molecule has 4 nitrogen and oxygen atoms in total. The van der Waals surface area contributed by atoms with Gasteiger partial charge < -0.3 is 15.4 Å². The van der Waals surface area contributed by atoms with Crippen LogP contribution in [0.2, 0.25) is 0 Å². The van der Waals surface area contributed by atoms with Crippen LogP contribution < -0.4 is 5.73 Å². The zero-order valence-corrected chi connectivity index (χ0v) is 10.9. The number of nitrogens with zero attached hydrogens (tertiary/aromatic N) is 1. The van der Waals surface area contributed by atoms with Gasteiger partial charge in [-0.2, -0.15) is 13.2 Å². The first-order valence-electron chi connectivity index (χ1n) is 5.46. The smallest absolute Gasteiger partial charge is 0.383 e. The van der Waals surface area contributed by atoms with Crippen molar-refractivity contribution in [3.63, 3.8) is 0 Å². The maximum absolute atomic E-state index is 12.5. The summed E-state index contributed by atoms with van der Waals surface area (Å²) in [7, 11) is 1.39. The van der Waals surface area contributed by atoms with E-state index in [0.29, 0.717) is 13.0 Å². The third-order valence-corrected chi connectivity index (χ3v) is 2.86. The summed E-state index contributed by atoms with van der Waals surface area (Å²) in [6.07, 6.45) is -3.81. The Labute approximate surface area is 110 Å². The highest BCUT2D eigenvalue weighted by molar-refractivity contribution is 5.85. The number of ether oxygens (including phenoxy) is 1. The molecule has 18 heavy (non-hydrogen) atoms. The Hall–Kier alpha value is -0.530. The molecular formula is C10H18ClF3N2O2. The fourth-order valence-corrected chi connectivity index (χ4v) is 1.93. The summed E-state index contributed by atoms with van der Waals surface area (Å²) < 4.78 is 42.3. The number of amides is 1. The van der Waals surface area contributed by atoms with Crippen molar-refractivity contribution >= 4 is 18.3 Å². The van der Waals surface area contributed by atoms with Crippen molar-refractivity contribution in [2.24, 2.45) is 11.7 Å². The largest absolute Gasteiger partial charge is 0.393 e. The van der Waals surface area contributed by atoms with E-state index < -0.39 is 24.0 Å². The van der Waals surface area contributed by atoms with Gasteiger partial charge in [-0.05, 0) is 12.8 Å². The van der Waals surface area contributed by atoms with Crippen LogP contribution in [-0.4, -0.2) is 49.8 Å². The zero-order chi connectivity index (χ0) is 13.1. The molecule has 0 bridgehead atoms. The number of nitrogens with two attached hydrogens (primary N) is 1. The van der Waals surface area contributed by atoms with Gasteiger partial charge in [0, 0.05) is 20.2 Å². The molecule has 2 atom stereocenters. The topological polar surface area (TPSA) is 55.6 Å². The molecule has 0 aliphatic carbocycles. The van der Waals surface area contributed by atoms with E-state index in [4.69, 9.17) is 10.5 Å². The molecule has 0 radical (unpaired) electrons. The van der Waals surface area contributed by atoms with E-state index in [1.54, 1.807) is 0 Å². The molecule has 0 saturated carbocycles. The van der Waals surface area contributed by atoms with Gasteiger partial charge in [-0.25, -0.2) is 0 Å². The molecule has 0 aromatic carbocycles. The van der Waals surface area contributed by atoms with Crippen molar-refractivity contribution in [1.82, 2.24) is 4.90 Å². The molecule has 1 aliphatic heterocycles. The summed E-state index contributed by atoms with van der Waals surface area (Å²) in [5.74, 6) is -1.91. The Bertz CT molecular complexity index is 276. The molecule has 1 saturated heterocycles. The van der Waals surface area contributed by atoms with Crippen LogP contribution in [0.5, 0.6) is 0 Å². The van der Waals surface area contributed by atoms with Gasteiger partial charge in [-0.3, -0.25) is 4.79 Å². The second-order valence-corrected chi connectivity index (χ2v) is 4.23. The molecule has 0 aromatic rings. The van der Waals surface area contributed by atoms with E-state index in [9.17, 15) is 18.0 Å². The summed E-state index contributed by atoms with van der Waals surface area (Å²) in [6.45, 7) is 0.0641. The van der Waals surface area contributed by atoms with Crippen LogP contribution in [0.4, 0.5) is 13.2 Å². The quantitative estimate of drug-likeness (QED) is 0.849. The van der Waals surface area contributed by atoms with Gasteiger partial charge in [0.2, 0.25) is 5.91 Å². The number of methoxy groups -OCH3 is 1. The molecule has 2 unspecified atom stereocenters. The number of halogens is 4. The summed E-state index contributed by atoms with van der Waals surface area (Å²) in [5, 5.41) is 0. The number of carbonyl (C=O) groups is 1. The maximum Gasteiger partial charge on any atom is 0.393 e. The maximum atomic E-state index is 12.5. The Kier molecular flexibility index (Phi) is 6.94. The van der Waals surface area contributed by atoms with Gasteiger partial charge in [-0.1, -0.05) is 0 Å².